The molecule has 2 N–H and O–H groups in total. The van der Waals surface area contributed by atoms with Gasteiger partial charge in [0.2, 0.25) is 0 Å². The molecule has 2 bridgehead atoms. The van der Waals surface area contributed by atoms with Crippen LogP contribution in [0.25, 0.3) is 0 Å². The maximum Gasteiger partial charge on any atom is 0.0358 e. The van der Waals surface area contributed by atoms with Gasteiger partial charge in [0.15, 0.2) is 0 Å². The summed E-state index contributed by atoms with van der Waals surface area (Å²) in [5.41, 5.74) is 6.51. The minimum absolute atomic E-state index is 0.300. The van der Waals surface area contributed by atoms with Gasteiger partial charge in [-0.2, -0.15) is 0 Å². The second-order valence-corrected chi connectivity index (χ2v) is 7.06. The summed E-state index contributed by atoms with van der Waals surface area (Å²) in [4.78, 5) is 5.25. The summed E-state index contributed by atoms with van der Waals surface area (Å²) in [5, 5.41) is 0. The number of hydrogen-bond donors (Lipinski definition) is 1. The summed E-state index contributed by atoms with van der Waals surface area (Å²) in [6.45, 7) is 2.12. The number of piperidine rings is 1. The minimum Gasteiger partial charge on any atom is -0.329 e. The Kier molecular flexibility index (Phi) is 3.41. The normalized spacial score (nSPS) is 41.3. The molecule has 3 fully saturated rings. The van der Waals surface area contributed by atoms with Crippen LogP contribution in [0.4, 0.5) is 0 Å². The van der Waals surface area contributed by atoms with Crippen molar-refractivity contribution in [3.8, 4) is 0 Å². The maximum atomic E-state index is 6.21. The summed E-state index contributed by atoms with van der Waals surface area (Å²) in [6, 6.07) is 1.58. The number of likely N-dealkylation sites (N-methyl/N-ethyl adjacent to an activating group) is 1. The lowest BCUT2D eigenvalue weighted by atomic mass is 9.79. The predicted octanol–water partition coefficient (Wildman–Crippen LogP) is 1.67. The van der Waals surface area contributed by atoms with Gasteiger partial charge in [0.1, 0.15) is 0 Å². The molecular weight excluding hydrogens is 222 g/mol. The van der Waals surface area contributed by atoms with Gasteiger partial charge in [-0.25, -0.2) is 0 Å². The third-order valence-electron chi connectivity index (χ3n) is 6.16. The van der Waals surface area contributed by atoms with Crippen molar-refractivity contribution in [1.82, 2.24) is 9.80 Å². The van der Waals surface area contributed by atoms with Crippen LogP contribution in [-0.2, 0) is 0 Å². The average Bonchev–Trinajstić information content (AvgIpc) is 2.55. The first-order chi connectivity index (χ1) is 8.64. The van der Waals surface area contributed by atoms with Gasteiger partial charge in [-0.3, -0.25) is 4.90 Å². The van der Waals surface area contributed by atoms with Gasteiger partial charge in [-0.15, -0.1) is 0 Å². The van der Waals surface area contributed by atoms with Gasteiger partial charge < -0.3 is 10.6 Å². The van der Waals surface area contributed by atoms with Crippen LogP contribution in [0, 0.1) is 5.92 Å². The van der Waals surface area contributed by atoms with Crippen LogP contribution < -0.4 is 5.73 Å². The van der Waals surface area contributed by atoms with Crippen LogP contribution in [0.5, 0.6) is 0 Å². The molecule has 3 heteroatoms. The van der Waals surface area contributed by atoms with E-state index in [1.807, 2.05) is 0 Å². The summed E-state index contributed by atoms with van der Waals surface area (Å²) in [5.74, 6) is 0.954. The first-order valence-corrected chi connectivity index (χ1v) is 7.78. The summed E-state index contributed by atoms with van der Waals surface area (Å²) in [6.07, 6.45) is 9.69. The predicted molar refractivity (Wildman–Crippen MR) is 75.6 cm³/mol. The molecule has 3 aliphatic rings. The monoisotopic (exact) mass is 251 g/mol. The van der Waals surface area contributed by atoms with E-state index >= 15 is 0 Å². The number of fused-ring (bicyclic) bond motifs is 2. The highest BCUT2D eigenvalue weighted by atomic mass is 15.3. The molecule has 0 aromatic rings. The van der Waals surface area contributed by atoms with E-state index in [2.05, 4.69) is 23.9 Å². The van der Waals surface area contributed by atoms with E-state index in [0.717, 1.165) is 24.5 Å². The second kappa shape index (κ2) is 4.77. The first kappa shape index (κ1) is 12.9. The Labute approximate surface area is 112 Å². The molecule has 1 saturated carbocycles. The van der Waals surface area contributed by atoms with E-state index < -0.39 is 0 Å². The van der Waals surface area contributed by atoms with Gasteiger partial charge in [0.25, 0.3) is 0 Å². The highest BCUT2D eigenvalue weighted by molar-refractivity contribution is 5.06. The van der Waals surface area contributed by atoms with Crippen molar-refractivity contribution in [1.29, 1.82) is 0 Å². The van der Waals surface area contributed by atoms with E-state index in [-0.39, 0.29) is 0 Å². The molecule has 2 saturated heterocycles. The molecule has 0 aromatic carbocycles. The molecule has 0 amide bonds. The van der Waals surface area contributed by atoms with Gasteiger partial charge >= 0.3 is 0 Å². The lowest BCUT2D eigenvalue weighted by Crippen LogP contribution is -2.61. The Balaban J connectivity index is 1.69. The Morgan fingerprint density at radius 3 is 2.22 bits per heavy atom. The number of nitrogens with two attached hydrogens (primary N) is 1. The molecule has 2 atom stereocenters. The Bertz CT molecular complexity index is 286. The molecule has 0 spiro atoms. The van der Waals surface area contributed by atoms with Crippen molar-refractivity contribution >= 4 is 0 Å². The molecule has 1 aliphatic carbocycles. The van der Waals surface area contributed by atoms with Gasteiger partial charge in [0.05, 0.1) is 0 Å². The van der Waals surface area contributed by atoms with Crippen molar-refractivity contribution in [2.45, 2.75) is 62.6 Å². The molecule has 0 aromatic heterocycles. The number of rotatable bonds is 4. The van der Waals surface area contributed by atoms with Crippen molar-refractivity contribution in [3.63, 3.8) is 0 Å². The van der Waals surface area contributed by atoms with Crippen molar-refractivity contribution in [2.75, 3.05) is 27.2 Å². The summed E-state index contributed by atoms with van der Waals surface area (Å²) in [7, 11) is 4.64. The average molecular weight is 251 g/mol. The topological polar surface area (TPSA) is 32.5 Å². The summed E-state index contributed by atoms with van der Waals surface area (Å²) >= 11 is 0. The third-order valence-corrected chi connectivity index (χ3v) is 6.16. The van der Waals surface area contributed by atoms with Crippen LogP contribution in [0.15, 0.2) is 0 Å². The van der Waals surface area contributed by atoms with Crippen LogP contribution in [0.2, 0.25) is 0 Å². The fraction of sp³-hybridized carbons (Fsp3) is 1.00. The SMILES string of the molecule is CN1C2CCC1CC(CN)(N(C)CC1CCC1)C2. The molecule has 3 nitrogen and oxygen atoms in total. The Morgan fingerprint density at radius 2 is 1.78 bits per heavy atom. The molecule has 2 unspecified atom stereocenters. The van der Waals surface area contributed by atoms with E-state index in [4.69, 9.17) is 5.73 Å². The van der Waals surface area contributed by atoms with Gasteiger partial charge in [0, 0.05) is 30.7 Å². The lowest BCUT2D eigenvalue weighted by molar-refractivity contribution is 0.00164. The fourth-order valence-electron chi connectivity index (χ4n) is 4.43. The zero-order valence-corrected chi connectivity index (χ0v) is 12.1. The van der Waals surface area contributed by atoms with E-state index in [9.17, 15) is 0 Å². The molecular formula is C15H29N3. The van der Waals surface area contributed by atoms with E-state index in [1.54, 1.807) is 0 Å². The number of nitrogens with zero attached hydrogens (tertiary/aromatic N) is 2. The molecule has 3 rings (SSSR count). The second-order valence-electron chi connectivity index (χ2n) is 7.06. The molecule has 2 aliphatic heterocycles. The Hall–Kier alpha value is -0.120. The Morgan fingerprint density at radius 1 is 1.17 bits per heavy atom. The van der Waals surface area contributed by atoms with Crippen LogP contribution in [-0.4, -0.2) is 54.6 Å². The van der Waals surface area contributed by atoms with Crippen LogP contribution in [0.1, 0.15) is 44.9 Å². The minimum atomic E-state index is 0.300. The molecule has 2 heterocycles. The van der Waals surface area contributed by atoms with Gasteiger partial charge in [-0.1, -0.05) is 6.42 Å². The zero-order chi connectivity index (χ0) is 12.8. The van der Waals surface area contributed by atoms with Gasteiger partial charge in [-0.05, 0) is 58.5 Å². The van der Waals surface area contributed by atoms with Crippen LogP contribution in [0.3, 0.4) is 0 Å². The maximum absolute atomic E-state index is 6.21. The van der Waals surface area contributed by atoms with Crippen molar-refractivity contribution in [3.05, 3.63) is 0 Å². The fourth-order valence-corrected chi connectivity index (χ4v) is 4.43. The van der Waals surface area contributed by atoms with E-state index in [0.29, 0.717) is 5.54 Å². The largest absolute Gasteiger partial charge is 0.329 e. The highest BCUT2D eigenvalue weighted by Gasteiger charge is 2.48. The highest BCUT2D eigenvalue weighted by Crippen LogP contribution is 2.42. The number of hydrogen-bond acceptors (Lipinski definition) is 3. The molecule has 0 radical (unpaired) electrons. The smallest absolute Gasteiger partial charge is 0.0358 e. The third kappa shape index (κ3) is 2.00. The van der Waals surface area contributed by atoms with Crippen LogP contribution >= 0.6 is 0 Å². The summed E-state index contributed by atoms with van der Waals surface area (Å²) < 4.78 is 0. The molecule has 18 heavy (non-hydrogen) atoms. The van der Waals surface area contributed by atoms with E-state index in [1.165, 1.54) is 51.5 Å². The lowest BCUT2D eigenvalue weighted by Gasteiger charge is -2.51. The standard InChI is InChI=1S/C15H29N3/c1-17(10-12-4-3-5-12)15(11-16)8-13-6-7-14(9-15)18(13)2/h12-14H,3-11,16H2,1-2H3. The zero-order valence-electron chi connectivity index (χ0n) is 12.1. The quantitative estimate of drug-likeness (QED) is 0.825. The van der Waals surface area contributed by atoms with Crippen molar-refractivity contribution in [2.24, 2.45) is 11.7 Å². The molecule has 104 valence electrons. The van der Waals surface area contributed by atoms with Crippen molar-refractivity contribution < 1.29 is 0 Å². The first-order valence-electron chi connectivity index (χ1n) is 7.78.